The van der Waals surface area contributed by atoms with Gasteiger partial charge in [-0.15, -0.1) is 0 Å². The first-order valence-electron chi connectivity index (χ1n) is 6.64. The van der Waals surface area contributed by atoms with E-state index in [1.165, 1.54) is 24.1 Å². The number of aliphatic hydroxyl groups is 1. The predicted molar refractivity (Wildman–Crippen MR) is 77.0 cm³/mol. The molecule has 0 saturated carbocycles. The lowest BCUT2D eigenvalue weighted by atomic mass is 10.0. The number of hydrogen-bond donors (Lipinski definition) is 4. The van der Waals surface area contributed by atoms with Crippen molar-refractivity contribution in [2.75, 3.05) is 33.4 Å². The van der Waals surface area contributed by atoms with Crippen LogP contribution in [0, 0.1) is 0 Å². The number of aliphatic hydroxyl groups excluding tert-OH is 1. The van der Waals surface area contributed by atoms with Crippen LogP contribution in [0.1, 0.15) is 5.56 Å². The molecule has 0 radical (unpaired) electrons. The number of benzene rings is 1. The van der Waals surface area contributed by atoms with Gasteiger partial charge in [0.05, 0.1) is 19.3 Å². The van der Waals surface area contributed by atoms with E-state index in [-0.39, 0.29) is 37.0 Å². The standard InChI is InChI=1S/C14H22N2O5/c1-21-7-5-16(4-6-17)14(20)11(15)8-10-2-3-12(18)13(19)9-10/h2-3,9,11,17-19H,4-8,15H2,1H3/t11-/m0/s1. The molecule has 0 unspecified atom stereocenters. The number of carbonyl (C=O) groups is 1. The molecule has 0 aliphatic carbocycles. The monoisotopic (exact) mass is 298 g/mol. The molecule has 118 valence electrons. The van der Waals surface area contributed by atoms with Gasteiger partial charge in [0, 0.05) is 20.2 Å². The van der Waals surface area contributed by atoms with Gasteiger partial charge in [0.1, 0.15) is 0 Å². The van der Waals surface area contributed by atoms with Crippen LogP contribution in [0.4, 0.5) is 0 Å². The first-order valence-corrected chi connectivity index (χ1v) is 6.64. The van der Waals surface area contributed by atoms with Gasteiger partial charge in [0.15, 0.2) is 11.5 Å². The summed E-state index contributed by atoms with van der Waals surface area (Å²) in [5.41, 5.74) is 6.52. The zero-order valence-electron chi connectivity index (χ0n) is 12.0. The highest BCUT2D eigenvalue weighted by Crippen LogP contribution is 2.25. The van der Waals surface area contributed by atoms with E-state index in [4.69, 9.17) is 15.6 Å². The molecule has 0 bridgehead atoms. The highest BCUT2D eigenvalue weighted by atomic mass is 16.5. The second-order valence-electron chi connectivity index (χ2n) is 4.68. The first kappa shape index (κ1) is 17.2. The van der Waals surface area contributed by atoms with Crippen molar-refractivity contribution in [3.63, 3.8) is 0 Å². The number of methoxy groups -OCH3 is 1. The van der Waals surface area contributed by atoms with Crippen LogP contribution in [0.2, 0.25) is 0 Å². The molecule has 1 atom stereocenters. The van der Waals surface area contributed by atoms with Gasteiger partial charge >= 0.3 is 0 Å². The minimum absolute atomic E-state index is 0.151. The van der Waals surface area contributed by atoms with E-state index in [9.17, 15) is 15.0 Å². The average Bonchev–Trinajstić information content (AvgIpc) is 2.46. The number of aromatic hydroxyl groups is 2. The van der Waals surface area contributed by atoms with E-state index < -0.39 is 6.04 Å². The number of nitrogens with two attached hydrogens (primary N) is 1. The Kier molecular flexibility index (Phi) is 6.93. The van der Waals surface area contributed by atoms with Crippen molar-refractivity contribution < 1.29 is 24.9 Å². The summed E-state index contributed by atoms with van der Waals surface area (Å²) in [6.45, 7) is 0.752. The van der Waals surface area contributed by atoms with Gasteiger partial charge in [-0.3, -0.25) is 4.79 Å². The fourth-order valence-electron chi connectivity index (χ4n) is 1.93. The maximum Gasteiger partial charge on any atom is 0.239 e. The second-order valence-corrected chi connectivity index (χ2v) is 4.68. The quantitative estimate of drug-likeness (QED) is 0.478. The summed E-state index contributed by atoms with van der Waals surface area (Å²) in [5.74, 6) is -0.770. The molecule has 0 fully saturated rings. The zero-order chi connectivity index (χ0) is 15.8. The smallest absolute Gasteiger partial charge is 0.239 e. The Bertz CT molecular complexity index is 467. The lowest BCUT2D eigenvalue weighted by molar-refractivity contribution is -0.133. The summed E-state index contributed by atoms with van der Waals surface area (Å²) in [6, 6.07) is 3.51. The van der Waals surface area contributed by atoms with E-state index in [1.54, 1.807) is 6.07 Å². The summed E-state index contributed by atoms with van der Waals surface area (Å²) in [7, 11) is 1.53. The Morgan fingerprint density at radius 3 is 2.62 bits per heavy atom. The number of rotatable bonds is 8. The van der Waals surface area contributed by atoms with Crippen LogP contribution in [-0.4, -0.2) is 65.6 Å². The highest BCUT2D eigenvalue weighted by molar-refractivity contribution is 5.82. The number of nitrogens with zero attached hydrogens (tertiary/aromatic N) is 1. The van der Waals surface area contributed by atoms with Gasteiger partial charge < -0.3 is 30.7 Å². The van der Waals surface area contributed by atoms with Crippen LogP contribution in [0.3, 0.4) is 0 Å². The van der Waals surface area contributed by atoms with E-state index >= 15 is 0 Å². The SMILES string of the molecule is COCCN(CCO)C(=O)[C@@H](N)Cc1ccc(O)c(O)c1. The molecule has 0 saturated heterocycles. The number of amides is 1. The van der Waals surface area contributed by atoms with Gasteiger partial charge in [-0.1, -0.05) is 6.07 Å². The second kappa shape index (κ2) is 8.46. The fraction of sp³-hybridized carbons (Fsp3) is 0.500. The van der Waals surface area contributed by atoms with Gasteiger partial charge in [0.25, 0.3) is 0 Å². The van der Waals surface area contributed by atoms with Gasteiger partial charge in [0.2, 0.25) is 5.91 Å². The molecule has 0 aliphatic heterocycles. The average molecular weight is 298 g/mol. The minimum atomic E-state index is -0.794. The molecular weight excluding hydrogens is 276 g/mol. The van der Waals surface area contributed by atoms with Crippen molar-refractivity contribution in [2.45, 2.75) is 12.5 Å². The van der Waals surface area contributed by atoms with Crippen molar-refractivity contribution in [2.24, 2.45) is 5.73 Å². The number of carbonyl (C=O) groups excluding carboxylic acids is 1. The number of phenols is 2. The summed E-state index contributed by atoms with van der Waals surface area (Å²) >= 11 is 0. The van der Waals surface area contributed by atoms with Gasteiger partial charge in [-0.2, -0.15) is 0 Å². The van der Waals surface area contributed by atoms with E-state index in [2.05, 4.69) is 0 Å². The van der Waals surface area contributed by atoms with Crippen LogP contribution in [0.25, 0.3) is 0 Å². The molecular formula is C14H22N2O5. The molecule has 0 heterocycles. The number of ether oxygens (including phenoxy) is 1. The third-order valence-corrected chi connectivity index (χ3v) is 3.06. The van der Waals surface area contributed by atoms with Crippen LogP contribution >= 0.6 is 0 Å². The Labute approximate surface area is 123 Å². The third kappa shape index (κ3) is 5.22. The van der Waals surface area contributed by atoms with E-state index in [0.717, 1.165) is 0 Å². The van der Waals surface area contributed by atoms with Gasteiger partial charge in [-0.05, 0) is 24.1 Å². The summed E-state index contributed by atoms with van der Waals surface area (Å²) in [6.07, 6.45) is 0.224. The molecule has 7 nitrogen and oxygen atoms in total. The Balaban J connectivity index is 2.68. The minimum Gasteiger partial charge on any atom is -0.504 e. The van der Waals surface area contributed by atoms with Crippen LogP contribution in [0.15, 0.2) is 18.2 Å². The van der Waals surface area contributed by atoms with Crippen molar-refractivity contribution in [1.82, 2.24) is 4.90 Å². The molecule has 1 amide bonds. The summed E-state index contributed by atoms with van der Waals surface area (Å²) in [5, 5.41) is 27.7. The molecule has 21 heavy (non-hydrogen) atoms. The van der Waals surface area contributed by atoms with Crippen molar-refractivity contribution in [1.29, 1.82) is 0 Å². The molecule has 1 rings (SSSR count). The van der Waals surface area contributed by atoms with Crippen molar-refractivity contribution in [3.05, 3.63) is 23.8 Å². The molecule has 0 aromatic heterocycles. The number of phenolic OH excluding ortho intramolecular Hbond substituents is 2. The summed E-state index contributed by atoms with van der Waals surface area (Å²) < 4.78 is 4.92. The van der Waals surface area contributed by atoms with Crippen LogP contribution < -0.4 is 5.73 Å². The number of hydrogen-bond acceptors (Lipinski definition) is 6. The molecule has 0 spiro atoms. The zero-order valence-corrected chi connectivity index (χ0v) is 12.0. The maximum absolute atomic E-state index is 12.2. The van der Waals surface area contributed by atoms with Gasteiger partial charge in [-0.25, -0.2) is 0 Å². The molecule has 0 aliphatic rings. The van der Waals surface area contributed by atoms with Crippen molar-refractivity contribution >= 4 is 5.91 Å². The Morgan fingerprint density at radius 1 is 1.33 bits per heavy atom. The fourth-order valence-corrected chi connectivity index (χ4v) is 1.93. The topological polar surface area (TPSA) is 116 Å². The molecule has 5 N–H and O–H groups in total. The highest BCUT2D eigenvalue weighted by Gasteiger charge is 2.21. The van der Waals surface area contributed by atoms with E-state index in [0.29, 0.717) is 18.7 Å². The van der Waals surface area contributed by atoms with Crippen LogP contribution in [-0.2, 0) is 16.0 Å². The Hall–Kier alpha value is -1.83. The first-order chi connectivity index (χ1) is 9.99. The van der Waals surface area contributed by atoms with Crippen molar-refractivity contribution in [3.8, 4) is 11.5 Å². The normalized spacial score (nSPS) is 12.1. The largest absolute Gasteiger partial charge is 0.504 e. The molecule has 1 aromatic carbocycles. The molecule has 7 heteroatoms. The lowest BCUT2D eigenvalue weighted by Crippen LogP contribution is -2.47. The Morgan fingerprint density at radius 2 is 2.05 bits per heavy atom. The lowest BCUT2D eigenvalue weighted by Gasteiger charge is -2.24. The van der Waals surface area contributed by atoms with Crippen LogP contribution in [0.5, 0.6) is 11.5 Å². The molecule has 1 aromatic rings. The third-order valence-electron chi connectivity index (χ3n) is 3.06. The predicted octanol–water partition coefficient (Wildman–Crippen LogP) is -0.565. The van der Waals surface area contributed by atoms with E-state index in [1.807, 2.05) is 0 Å². The maximum atomic E-state index is 12.2. The summed E-state index contributed by atoms with van der Waals surface area (Å²) in [4.78, 5) is 13.7.